The van der Waals surface area contributed by atoms with Crippen LogP contribution in [0, 0.1) is 0 Å². The lowest BCUT2D eigenvalue weighted by molar-refractivity contribution is 0.667. The Kier molecular flexibility index (Phi) is 33.2. The van der Waals surface area contributed by atoms with Crippen LogP contribution in [0.25, 0.3) is 68.3 Å². The first-order valence-electron chi connectivity index (χ1n) is 36.4. The minimum absolute atomic E-state index is 1.17. The molecule has 0 aliphatic carbocycles. The molecule has 9 heteroatoms. The molecule has 0 saturated carbocycles. The fraction of sp³-hybridized carbons (Fsp3) is 0.600. The summed E-state index contributed by atoms with van der Waals surface area (Å²) in [5, 5.41) is 2.37. The van der Waals surface area contributed by atoms with Gasteiger partial charge in [-0.2, -0.15) is 0 Å². The van der Waals surface area contributed by atoms with Crippen molar-refractivity contribution >= 4 is 107 Å². The highest BCUT2D eigenvalue weighted by molar-refractivity contribution is 9.11. The largest absolute Gasteiger partial charge is 0.143 e. The number of rotatable bonds is 47. The van der Waals surface area contributed by atoms with Gasteiger partial charge in [0.1, 0.15) is 0 Å². The molecule has 0 radical (unpaired) electrons. The van der Waals surface area contributed by atoms with E-state index in [4.69, 9.17) is 0 Å². The van der Waals surface area contributed by atoms with Crippen molar-refractivity contribution in [3.05, 3.63) is 102 Å². The average Bonchev–Trinajstić information content (AvgIpc) is 1.69. The lowest BCUT2D eigenvalue weighted by atomic mass is 10.0. The number of aryl methyl sites for hydroxylation is 8. The van der Waals surface area contributed by atoms with E-state index < -0.39 is 0 Å². The quantitative estimate of drug-likeness (QED) is 0.0334. The maximum Gasteiger partial charge on any atom is 0.0737 e. The molecular weight excluding hydrogens is 1300 g/mol. The van der Waals surface area contributed by atoms with E-state index >= 15 is 0 Å². The molecule has 8 aromatic heterocycles. The predicted octanol–water partition coefficient (Wildman–Crippen LogP) is 31.6. The van der Waals surface area contributed by atoms with Gasteiger partial charge in [-0.1, -0.05) is 209 Å². The van der Waals surface area contributed by atoms with Gasteiger partial charge in [0.05, 0.1) is 3.79 Å². The maximum atomic E-state index is 4.09. The molecule has 0 aliphatic heterocycles. The molecule has 488 valence electrons. The molecule has 0 spiro atoms. The Labute approximate surface area is 583 Å². The first-order chi connectivity index (χ1) is 43.7. The van der Waals surface area contributed by atoms with Crippen LogP contribution >= 0.6 is 107 Å². The van der Waals surface area contributed by atoms with Crippen molar-refractivity contribution in [3.63, 3.8) is 0 Å². The number of unbranched alkanes of at least 4 members (excludes halogenated alkanes) is 24. The van der Waals surface area contributed by atoms with Crippen LogP contribution in [0.4, 0.5) is 0 Å². The van der Waals surface area contributed by atoms with E-state index in [9.17, 15) is 0 Å². The number of hydrogen-bond acceptors (Lipinski definition) is 8. The Morgan fingerprint density at radius 3 is 0.674 bits per heavy atom. The summed E-state index contributed by atoms with van der Waals surface area (Å²) >= 11 is 20.9. The number of thiophene rings is 8. The first kappa shape index (κ1) is 72.9. The number of halogens is 1. The standard InChI is InChI=1S/C80H113BrS8/c1-9-17-25-33-41-58-49-50-82-73(58)66-51-59(42-34-26-18-10-2)74(83-66)67-52-60(43-35-27-19-11-3)75(84-67)68-53-61(44-36-28-20-12-4)76(85-68)69-54-62(45-37-29-21-13-5)77(86-69)70-55-63(46-38-30-22-14-6)78(87-70)71-56-64(47-39-31-23-15-7)79(88-71)72-57-65(80(81)89-72)48-40-32-24-16-8/h49-57H,9-48H2,1-8H3. The van der Waals surface area contributed by atoms with Crippen LogP contribution in [0.15, 0.2) is 57.7 Å². The third-order valence-corrected chi connectivity index (χ3v) is 29.6. The predicted molar refractivity (Wildman–Crippen MR) is 418 cm³/mol. The average molecular weight is 1410 g/mol. The second-order valence-corrected chi connectivity index (χ2v) is 35.6. The SMILES string of the molecule is CCCCCCc1cc(-c2sc(-c3sc(-c4sc(-c5sc(-c6sc(-c7sc(-c8sccc8CCCCCC)cc7CCCCCC)cc6CCCCCC)cc5CCCCCC)cc4CCCCCC)cc3CCCCCC)cc2CCCCCC)sc1Br. The molecule has 0 unspecified atom stereocenters. The third kappa shape index (κ3) is 21.5. The van der Waals surface area contributed by atoms with Crippen LogP contribution in [0.1, 0.15) is 305 Å². The molecule has 0 bridgehead atoms. The molecule has 0 atom stereocenters. The van der Waals surface area contributed by atoms with Crippen LogP contribution in [0.5, 0.6) is 0 Å². The summed E-state index contributed by atoms with van der Waals surface area (Å²) in [6.07, 6.45) is 51.0. The van der Waals surface area contributed by atoms with Crippen molar-refractivity contribution in [2.45, 2.75) is 312 Å². The van der Waals surface area contributed by atoms with Gasteiger partial charge in [-0.25, -0.2) is 0 Å². The Balaban J connectivity index is 1.22. The third-order valence-electron chi connectivity index (χ3n) is 18.3. The van der Waals surface area contributed by atoms with Crippen LogP contribution < -0.4 is 0 Å². The van der Waals surface area contributed by atoms with Gasteiger partial charge in [0.2, 0.25) is 0 Å². The molecule has 8 aromatic rings. The molecule has 8 heterocycles. The molecule has 89 heavy (non-hydrogen) atoms. The molecule has 0 N–H and O–H groups in total. The van der Waals surface area contributed by atoms with Crippen molar-refractivity contribution in [1.82, 2.24) is 0 Å². The zero-order valence-electron chi connectivity index (χ0n) is 56.6. The van der Waals surface area contributed by atoms with Gasteiger partial charge in [-0.05, 0) is 217 Å². The highest BCUT2D eigenvalue weighted by Crippen LogP contribution is 2.54. The molecule has 0 fully saturated rings. The van der Waals surface area contributed by atoms with E-state index in [1.165, 1.54) is 310 Å². The summed E-state index contributed by atoms with van der Waals surface area (Å²) in [4.78, 5) is 21.5. The fourth-order valence-electron chi connectivity index (χ4n) is 13.0. The Morgan fingerprint density at radius 2 is 0.427 bits per heavy atom. The Hall–Kier alpha value is -1.92. The van der Waals surface area contributed by atoms with E-state index in [0.29, 0.717) is 0 Å². The zero-order chi connectivity index (χ0) is 62.6. The van der Waals surface area contributed by atoms with E-state index in [0.717, 1.165) is 0 Å². The van der Waals surface area contributed by atoms with E-state index in [2.05, 4.69) is 193 Å². The molecule has 0 aliphatic rings. The van der Waals surface area contributed by atoms with Gasteiger partial charge in [-0.15, -0.1) is 90.7 Å². The van der Waals surface area contributed by atoms with Gasteiger partial charge in [0.25, 0.3) is 0 Å². The smallest absolute Gasteiger partial charge is 0.0737 e. The van der Waals surface area contributed by atoms with Crippen LogP contribution in [-0.4, -0.2) is 0 Å². The van der Waals surface area contributed by atoms with E-state index in [1.807, 2.05) is 22.7 Å². The maximum absolute atomic E-state index is 4.09. The van der Waals surface area contributed by atoms with Gasteiger partial charge >= 0.3 is 0 Å². The van der Waals surface area contributed by atoms with Crippen molar-refractivity contribution in [1.29, 1.82) is 0 Å². The van der Waals surface area contributed by atoms with E-state index in [1.54, 1.807) is 63.3 Å². The van der Waals surface area contributed by atoms with Gasteiger partial charge in [-0.3, -0.25) is 0 Å². The summed E-state index contributed by atoms with van der Waals surface area (Å²) in [6.45, 7) is 18.8. The van der Waals surface area contributed by atoms with Gasteiger partial charge in [0.15, 0.2) is 0 Å². The molecule has 8 rings (SSSR count). The molecule has 0 saturated heterocycles. The summed E-state index contributed by atoms with van der Waals surface area (Å²) < 4.78 is 1.35. The molecule has 0 aromatic carbocycles. The van der Waals surface area contributed by atoms with Crippen molar-refractivity contribution < 1.29 is 0 Å². The monoisotopic (exact) mass is 1410 g/mol. The summed E-state index contributed by atoms with van der Waals surface area (Å²) in [6, 6.07) is 21.2. The normalized spacial score (nSPS) is 11.9. The molecular formula is C80H113BrS8. The lowest BCUT2D eigenvalue weighted by Gasteiger charge is -2.02. The lowest BCUT2D eigenvalue weighted by Crippen LogP contribution is -1.87. The first-order valence-corrected chi connectivity index (χ1v) is 43.8. The summed E-state index contributed by atoms with van der Waals surface area (Å²) in [7, 11) is 0. The molecule has 0 nitrogen and oxygen atoms in total. The summed E-state index contributed by atoms with van der Waals surface area (Å²) in [5.74, 6) is 0. The Bertz CT molecular complexity index is 3240. The highest BCUT2D eigenvalue weighted by Gasteiger charge is 2.26. The fourth-order valence-corrected chi connectivity index (χ4v) is 23.9. The van der Waals surface area contributed by atoms with E-state index in [-0.39, 0.29) is 0 Å². The Morgan fingerprint density at radius 1 is 0.225 bits per heavy atom. The second kappa shape index (κ2) is 40.5. The minimum atomic E-state index is 1.17. The number of hydrogen-bond donors (Lipinski definition) is 0. The highest BCUT2D eigenvalue weighted by atomic mass is 79.9. The molecule has 0 amide bonds. The van der Waals surface area contributed by atoms with Gasteiger partial charge < -0.3 is 0 Å². The minimum Gasteiger partial charge on any atom is -0.143 e. The second-order valence-electron chi connectivity index (χ2n) is 26.0. The zero-order valence-corrected chi connectivity index (χ0v) is 64.7. The van der Waals surface area contributed by atoms with Crippen molar-refractivity contribution in [2.75, 3.05) is 0 Å². The summed E-state index contributed by atoms with van der Waals surface area (Å²) in [5.41, 5.74) is 12.7. The topological polar surface area (TPSA) is 0 Å². The van der Waals surface area contributed by atoms with Gasteiger partial charge in [0, 0.05) is 68.3 Å². The van der Waals surface area contributed by atoms with Crippen LogP contribution in [-0.2, 0) is 51.4 Å². The van der Waals surface area contributed by atoms with Crippen LogP contribution in [0.3, 0.4) is 0 Å². The van der Waals surface area contributed by atoms with Crippen molar-refractivity contribution in [2.24, 2.45) is 0 Å². The van der Waals surface area contributed by atoms with Crippen molar-refractivity contribution in [3.8, 4) is 68.3 Å². The van der Waals surface area contributed by atoms with Crippen LogP contribution in [0.2, 0.25) is 0 Å².